The highest BCUT2D eigenvalue weighted by Crippen LogP contribution is 2.29. The van der Waals surface area contributed by atoms with Crippen molar-refractivity contribution in [3.05, 3.63) is 71.8 Å². The summed E-state index contributed by atoms with van der Waals surface area (Å²) in [5, 5.41) is 2.87. The van der Waals surface area contributed by atoms with Crippen LogP contribution in [0.15, 0.2) is 60.7 Å². The average molecular weight is 353 g/mol. The fraction of sp³-hybridized carbons (Fsp3) is 0.333. The summed E-state index contributed by atoms with van der Waals surface area (Å²) in [7, 11) is 1.33. The van der Waals surface area contributed by atoms with Gasteiger partial charge in [-0.25, -0.2) is 4.79 Å². The van der Waals surface area contributed by atoms with E-state index in [2.05, 4.69) is 5.32 Å². The van der Waals surface area contributed by atoms with Gasteiger partial charge in [-0.05, 0) is 24.0 Å². The molecule has 3 rings (SSSR count). The van der Waals surface area contributed by atoms with Crippen LogP contribution in [-0.4, -0.2) is 37.7 Å². The molecular weight excluding hydrogens is 330 g/mol. The summed E-state index contributed by atoms with van der Waals surface area (Å²) in [6, 6.07) is 18.5. The predicted octanol–water partition coefficient (Wildman–Crippen LogP) is 2.66. The summed E-state index contributed by atoms with van der Waals surface area (Å²) in [5.41, 5.74) is 1.86. The van der Waals surface area contributed by atoms with Crippen LogP contribution >= 0.6 is 0 Å². The second-order valence-electron chi connectivity index (χ2n) is 6.31. The lowest BCUT2D eigenvalue weighted by atomic mass is 9.84. The van der Waals surface area contributed by atoms with Crippen LogP contribution in [0.3, 0.4) is 0 Å². The number of methoxy groups -OCH3 is 1. The Hall–Kier alpha value is -2.66. The van der Waals surface area contributed by atoms with E-state index in [4.69, 9.17) is 9.47 Å². The van der Waals surface area contributed by atoms with Gasteiger partial charge in [0.1, 0.15) is 12.1 Å². The third-order valence-corrected chi connectivity index (χ3v) is 4.63. The molecule has 0 saturated carbocycles. The number of esters is 1. The summed E-state index contributed by atoms with van der Waals surface area (Å²) < 4.78 is 10.5. The number of hydrogen-bond donors (Lipinski definition) is 1. The molecule has 5 nitrogen and oxygen atoms in total. The zero-order valence-electron chi connectivity index (χ0n) is 14.8. The first-order valence-corrected chi connectivity index (χ1v) is 8.80. The molecule has 0 aliphatic carbocycles. The summed E-state index contributed by atoms with van der Waals surface area (Å²) in [6.07, 6.45) is 1.01. The number of ether oxygens (including phenoxy) is 2. The Balaban J connectivity index is 1.96. The first kappa shape index (κ1) is 18.1. The van der Waals surface area contributed by atoms with Gasteiger partial charge in [-0.3, -0.25) is 4.79 Å². The normalized spacial score (nSPS) is 17.7. The number of benzene rings is 2. The van der Waals surface area contributed by atoms with Crippen molar-refractivity contribution < 1.29 is 19.1 Å². The topological polar surface area (TPSA) is 64.6 Å². The Bertz CT molecular complexity index is 687. The zero-order valence-corrected chi connectivity index (χ0v) is 14.8. The third-order valence-electron chi connectivity index (χ3n) is 4.63. The Labute approximate surface area is 153 Å². The van der Waals surface area contributed by atoms with E-state index in [-0.39, 0.29) is 11.8 Å². The summed E-state index contributed by atoms with van der Waals surface area (Å²) in [4.78, 5) is 25.2. The van der Waals surface area contributed by atoms with Gasteiger partial charge in [0.2, 0.25) is 5.91 Å². The minimum atomic E-state index is -0.832. The molecule has 2 aromatic carbocycles. The molecule has 2 aromatic rings. The van der Waals surface area contributed by atoms with E-state index >= 15 is 0 Å². The Kier molecular flexibility index (Phi) is 6.02. The van der Waals surface area contributed by atoms with Crippen molar-refractivity contribution in [2.75, 3.05) is 13.7 Å². The molecule has 1 amide bonds. The van der Waals surface area contributed by atoms with Crippen LogP contribution in [0.1, 0.15) is 29.9 Å². The Morgan fingerprint density at radius 3 is 2.08 bits per heavy atom. The molecule has 2 atom stereocenters. The van der Waals surface area contributed by atoms with Crippen molar-refractivity contribution >= 4 is 11.9 Å². The molecule has 5 heteroatoms. The number of carbonyl (C=O) groups is 2. The molecule has 1 N–H and O–H groups in total. The lowest BCUT2D eigenvalue weighted by molar-refractivity contribution is -0.146. The van der Waals surface area contributed by atoms with E-state index in [0.29, 0.717) is 13.0 Å². The van der Waals surface area contributed by atoms with Gasteiger partial charge in [-0.2, -0.15) is 0 Å². The van der Waals surface area contributed by atoms with Crippen molar-refractivity contribution in [3.63, 3.8) is 0 Å². The lowest BCUT2D eigenvalue weighted by Crippen LogP contribution is -2.49. The Morgan fingerprint density at radius 2 is 1.62 bits per heavy atom. The number of hydrogen-bond acceptors (Lipinski definition) is 4. The van der Waals surface area contributed by atoms with Crippen LogP contribution < -0.4 is 5.32 Å². The molecule has 0 aromatic heterocycles. The molecule has 1 saturated heterocycles. The van der Waals surface area contributed by atoms with E-state index in [1.54, 1.807) is 0 Å². The van der Waals surface area contributed by atoms with E-state index in [1.807, 2.05) is 60.7 Å². The van der Waals surface area contributed by atoms with Gasteiger partial charge in [0.05, 0.1) is 7.11 Å². The number of carbonyl (C=O) groups excluding carboxylic acids is 2. The smallest absolute Gasteiger partial charge is 0.329 e. The number of nitrogens with one attached hydrogen (secondary N) is 1. The average Bonchev–Trinajstić information content (AvgIpc) is 3.23. The van der Waals surface area contributed by atoms with Gasteiger partial charge in [-0.1, -0.05) is 60.7 Å². The van der Waals surface area contributed by atoms with Gasteiger partial charge in [0.25, 0.3) is 0 Å². The largest absolute Gasteiger partial charge is 0.467 e. The summed E-state index contributed by atoms with van der Waals surface area (Å²) in [5.74, 6) is -1.10. The van der Waals surface area contributed by atoms with Crippen LogP contribution in [0.25, 0.3) is 0 Å². The summed E-state index contributed by atoms with van der Waals surface area (Å²) in [6.45, 7) is 0.571. The van der Waals surface area contributed by atoms with Gasteiger partial charge < -0.3 is 14.8 Å². The highest BCUT2D eigenvalue weighted by atomic mass is 16.5. The van der Waals surface area contributed by atoms with Crippen LogP contribution in [0.4, 0.5) is 0 Å². The van der Waals surface area contributed by atoms with Crippen molar-refractivity contribution in [3.8, 4) is 0 Å². The van der Waals surface area contributed by atoms with Crippen molar-refractivity contribution in [2.24, 2.45) is 0 Å². The maximum absolute atomic E-state index is 12.6. The molecular formula is C21H23NO4. The van der Waals surface area contributed by atoms with Crippen LogP contribution in [0.5, 0.6) is 0 Å². The fourth-order valence-corrected chi connectivity index (χ4v) is 3.33. The quantitative estimate of drug-likeness (QED) is 0.811. The molecule has 0 unspecified atom stereocenters. The zero-order chi connectivity index (χ0) is 18.4. The first-order valence-electron chi connectivity index (χ1n) is 8.80. The molecule has 1 aliphatic heterocycles. The Morgan fingerprint density at radius 1 is 1.04 bits per heavy atom. The maximum Gasteiger partial charge on any atom is 0.329 e. The fourth-order valence-electron chi connectivity index (χ4n) is 3.33. The van der Waals surface area contributed by atoms with Gasteiger partial charge in [-0.15, -0.1) is 0 Å². The highest BCUT2D eigenvalue weighted by molar-refractivity contribution is 5.88. The molecule has 0 radical (unpaired) electrons. The third kappa shape index (κ3) is 4.11. The summed E-state index contributed by atoms with van der Waals surface area (Å²) >= 11 is 0. The molecule has 1 aliphatic rings. The minimum absolute atomic E-state index is 0.269. The maximum atomic E-state index is 12.6. The monoisotopic (exact) mass is 353 g/mol. The van der Waals surface area contributed by atoms with E-state index in [9.17, 15) is 9.59 Å². The molecule has 0 spiro atoms. The standard InChI is InChI=1S/C21H23NO4/c1-25-21(24)19(22-20(23)17-13-8-14-26-17)18(15-9-4-2-5-10-15)16-11-6-3-7-12-16/h2-7,9-12,17-19H,8,13-14H2,1H3,(H,22,23)/t17-,19-/m0/s1. The second kappa shape index (κ2) is 8.63. The van der Waals surface area contributed by atoms with Crippen LogP contribution in [-0.2, 0) is 19.1 Å². The minimum Gasteiger partial charge on any atom is -0.467 e. The lowest BCUT2D eigenvalue weighted by Gasteiger charge is -2.28. The SMILES string of the molecule is COC(=O)[C@@H](NC(=O)[C@@H]1CCCO1)C(c1ccccc1)c1ccccc1. The molecule has 26 heavy (non-hydrogen) atoms. The van der Waals surface area contributed by atoms with Crippen molar-refractivity contribution in [2.45, 2.75) is 30.9 Å². The van der Waals surface area contributed by atoms with Gasteiger partial charge in [0.15, 0.2) is 0 Å². The predicted molar refractivity (Wildman–Crippen MR) is 97.6 cm³/mol. The molecule has 0 bridgehead atoms. The van der Waals surface area contributed by atoms with Gasteiger partial charge >= 0.3 is 5.97 Å². The number of amides is 1. The van der Waals surface area contributed by atoms with Gasteiger partial charge in [0, 0.05) is 12.5 Å². The van der Waals surface area contributed by atoms with Crippen LogP contribution in [0, 0.1) is 0 Å². The van der Waals surface area contributed by atoms with E-state index in [0.717, 1.165) is 17.5 Å². The first-order chi connectivity index (χ1) is 12.7. The van der Waals surface area contributed by atoms with E-state index in [1.165, 1.54) is 7.11 Å². The molecule has 1 heterocycles. The van der Waals surface area contributed by atoms with Crippen LogP contribution in [0.2, 0.25) is 0 Å². The highest BCUT2D eigenvalue weighted by Gasteiger charge is 2.35. The number of rotatable bonds is 6. The van der Waals surface area contributed by atoms with E-state index < -0.39 is 18.1 Å². The van der Waals surface area contributed by atoms with Crippen molar-refractivity contribution in [1.29, 1.82) is 0 Å². The second-order valence-corrected chi connectivity index (χ2v) is 6.31. The molecule has 1 fully saturated rings. The van der Waals surface area contributed by atoms with Crippen molar-refractivity contribution in [1.82, 2.24) is 5.32 Å². The molecule has 136 valence electrons.